The molecule has 0 aliphatic carbocycles. The van der Waals surface area contributed by atoms with E-state index in [0.29, 0.717) is 0 Å². The monoisotopic (exact) mass is 201 g/mol. The molecule has 0 amide bonds. The maximum Gasteiger partial charge on any atom is 0.217 e. The van der Waals surface area contributed by atoms with Crippen LogP contribution in [0.15, 0.2) is 42.5 Å². The van der Waals surface area contributed by atoms with Crippen molar-refractivity contribution in [2.45, 2.75) is 5.25 Å². The number of hydrogen-bond donors (Lipinski definition) is 1. The first-order valence-electron chi connectivity index (χ1n) is 4.36. The van der Waals surface area contributed by atoms with Crippen molar-refractivity contribution < 1.29 is 4.79 Å². The molecular formula is C12H9OS. The minimum Gasteiger partial charge on any atom is -0.289 e. The molecule has 0 spiro atoms. The number of rotatable bonds is 2. The van der Waals surface area contributed by atoms with E-state index in [1.54, 1.807) is 0 Å². The second-order valence-electron chi connectivity index (χ2n) is 3.09. The van der Waals surface area contributed by atoms with E-state index >= 15 is 0 Å². The molecule has 0 saturated carbocycles. The van der Waals surface area contributed by atoms with Crippen molar-refractivity contribution in [1.29, 1.82) is 0 Å². The molecule has 1 nitrogen and oxygen atoms in total. The number of hydrogen-bond acceptors (Lipinski definition) is 2. The number of carbonyl (C=O) groups excluding carboxylic acids is 1. The van der Waals surface area contributed by atoms with Crippen LogP contribution >= 0.6 is 12.6 Å². The largest absolute Gasteiger partial charge is 0.289 e. The van der Waals surface area contributed by atoms with Crippen LogP contribution in [0.5, 0.6) is 0 Å². The van der Waals surface area contributed by atoms with Gasteiger partial charge in [0.05, 0.1) is 5.25 Å². The van der Waals surface area contributed by atoms with Crippen LogP contribution in [0.4, 0.5) is 0 Å². The molecular weight excluding hydrogens is 192 g/mol. The molecule has 0 aliphatic rings. The van der Waals surface area contributed by atoms with Crippen LogP contribution in [-0.2, 0) is 4.79 Å². The first-order valence-corrected chi connectivity index (χ1v) is 4.88. The average molecular weight is 201 g/mol. The van der Waals surface area contributed by atoms with Crippen LogP contribution in [0.25, 0.3) is 10.8 Å². The molecule has 1 atom stereocenters. The normalized spacial score (nSPS) is 12.6. The highest BCUT2D eigenvalue weighted by atomic mass is 32.1. The fourth-order valence-electron chi connectivity index (χ4n) is 1.55. The summed E-state index contributed by atoms with van der Waals surface area (Å²) in [7, 11) is 0. The predicted octanol–water partition coefficient (Wildman–Crippen LogP) is 2.92. The maximum atomic E-state index is 10.5. The summed E-state index contributed by atoms with van der Waals surface area (Å²) in [5, 5.41) is 1.73. The molecule has 0 fully saturated rings. The van der Waals surface area contributed by atoms with Crippen molar-refractivity contribution in [3.05, 3.63) is 48.0 Å². The number of thiol groups is 1. The zero-order valence-corrected chi connectivity index (χ0v) is 8.37. The average Bonchev–Trinajstić information content (AvgIpc) is 2.27. The molecule has 0 aliphatic heterocycles. The summed E-state index contributed by atoms with van der Waals surface area (Å²) >= 11 is 4.17. The van der Waals surface area contributed by atoms with Crippen molar-refractivity contribution in [3.8, 4) is 0 Å². The van der Waals surface area contributed by atoms with Crippen LogP contribution in [0.2, 0.25) is 0 Å². The van der Waals surface area contributed by atoms with Gasteiger partial charge in [-0.15, -0.1) is 0 Å². The van der Waals surface area contributed by atoms with Crippen LogP contribution < -0.4 is 0 Å². The Bertz CT molecular complexity index is 459. The van der Waals surface area contributed by atoms with E-state index in [-0.39, 0.29) is 0 Å². The highest BCUT2D eigenvalue weighted by Gasteiger charge is 2.08. The fraction of sp³-hybridized carbons (Fsp3) is 0.0833. The molecule has 2 aromatic carbocycles. The first-order chi connectivity index (χ1) is 6.83. The summed E-state index contributed by atoms with van der Waals surface area (Å²) in [6.45, 7) is 0. The second-order valence-corrected chi connectivity index (χ2v) is 3.61. The summed E-state index contributed by atoms with van der Waals surface area (Å²) in [6.07, 6.45) is 1.89. The van der Waals surface area contributed by atoms with Crippen LogP contribution in [-0.4, -0.2) is 6.29 Å². The molecule has 14 heavy (non-hydrogen) atoms. The van der Waals surface area contributed by atoms with Gasteiger partial charge in [-0.05, 0) is 16.3 Å². The lowest BCUT2D eigenvalue weighted by molar-refractivity contribution is 0.554. The van der Waals surface area contributed by atoms with Crippen LogP contribution in [0, 0.1) is 0 Å². The van der Waals surface area contributed by atoms with Crippen LogP contribution in [0.3, 0.4) is 0 Å². The minimum absolute atomic E-state index is 0.457. The topological polar surface area (TPSA) is 17.1 Å². The van der Waals surface area contributed by atoms with Gasteiger partial charge in [0.1, 0.15) is 0 Å². The Labute approximate surface area is 88.2 Å². The van der Waals surface area contributed by atoms with Gasteiger partial charge in [-0.3, -0.25) is 4.79 Å². The van der Waals surface area contributed by atoms with E-state index in [4.69, 9.17) is 0 Å². The van der Waals surface area contributed by atoms with E-state index in [0.717, 1.165) is 16.3 Å². The molecule has 2 aromatic rings. The Morgan fingerprint density at radius 1 is 1.07 bits per heavy atom. The summed E-state index contributed by atoms with van der Waals surface area (Å²) in [5.41, 5.74) is 0.918. The van der Waals surface area contributed by atoms with Crippen molar-refractivity contribution in [3.63, 3.8) is 0 Å². The molecule has 0 heterocycles. The van der Waals surface area contributed by atoms with Gasteiger partial charge < -0.3 is 0 Å². The molecule has 69 valence electrons. The van der Waals surface area contributed by atoms with Gasteiger partial charge in [0.25, 0.3) is 0 Å². The van der Waals surface area contributed by atoms with Crippen LogP contribution in [0.1, 0.15) is 10.8 Å². The van der Waals surface area contributed by atoms with E-state index in [1.165, 1.54) is 0 Å². The van der Waals surface area contributed by atoms with Gasteiger partial charge >= 0.3 is 0 Å². The highest BCUT2D eigenvalue weighted by Crippen LogP contribution is 2.26. The zero-order valence-electron chi connectivity index (χ0n) is 7.47. The molecule has 1 unspecified atom stereocenters. The third-order valence-corrected chi connectivity index (χ3v) is 2.61. The molecule has 0 saturated heterocycles. The van der Waals surface area contributed by atoms with Gasteiger partial charge in [0.15, 0.2) is 0 Å². The SMILES string of the molecule is O=[C]C(S)c1cccc2ccccc12. The number of fused-ring (bicyclic) bond motifs is 1. The summed E-state index contributed by atoms with van der Waals surface area (Å²) < 4.78 is 0. The third kappa shape index (κ3) is 1.53. The summed E-state index contributed by atoms with van der Waals surface area (Å²) in [6, 6.07) is 13.8. The smallest absolute Gasteiger partial charge is 0.217 e. The second kappa shape index (κ2) is 3.84. The quantitative estimate of drug-likeness (QED) is 0.739. The summed E-state index contributed by atoms with van der Waals surface area (Å²) in [4.78, 5) is 10.5. The highest BCUT2D eigenvalue weighted by molar-refractivity contribution is 7.81. The van der Waals surface area contributed by atoms with Crippen molar-refractivity contribution in [1.82, 2.24) is 0 Å². The first kappa shape index (κ1) is 9.28. The molecule has 0 N–H and O–H groups in total. The van der Waals surface area contributed by atoms with Gasteiger partial charge in [-0.1, -0.05) is 42.5 Å². The van der Waals surface area contributed by atoms with E-state index in [9.17, 15) is 4.79 Å². The molecule has 1 radical (unpaired) electrons. The fourth-order valence-corrected chi connectivity index (χ4v) is 1.78. The van der Waals surface area contributed by atoms with Gasteiger partial charge in [0.2, 0.25) is 6.29 Å². The Balaban J connectivity index is 2.70. The molecule has 0 aromatic heterocycles. The lowest BCUT2D eigenvalue weighted by atomic mass is 10.0. The maximum absolute atomic E-state index is 10.5. The standard InChI is InChI=1S/C12H9OS/c13-8-12(14)11-7-3-5-9-4-1-2-6-10(9)11/h1-7,12,14H. The minimum atomic E-state index is -0.457. The lowest BCUT2D eigenvalue weighted by Crippen LogP contribution is -1.92. The molecule has 2 rings (SSSR count). The number of benzene rings is 2. The van der Waals surface area contributed by atoms with E-state index < -0.39 is 5.25 Å². The third-order valence-electron chi connectivity index (χ3n) is 2.23. The summed E-state index contributed by atoms with van der Waals surface area (Å²) in [5.74, 6) is 0. The molecule has 2 heteroatoms. The lowest BCUT2D eigenvalue weighted by Gasteiger charge is -2.06. The predicted molar refractivity (Wildman–Crippen MR) is 61.4 cm³/mol. The van der Waals surface area contributed by atoms with Gasteiger partial charge in [-0.2, -0.15) is 12.6 Å². The van der Waals surface area contributed by atoms with Crippen molar-refractivity contribution in [2.75, 3.05) is 0 Å². The van der Waals surface area contributed by atoms with E-state index in [1.807, 2.05) is 48.8 Å². The Morgan fingerprint density at radius 3 is 2.57 bits per heavy atom. The Kier molecular flexibility index (Phi) is 2.55. The Hall–Kier alpha value is -1.28. The van der Waals surface area contributed by atoms with Crippen molar-refractivity contribution >= 4 is 29.7 Å². The molecule has 0 bridgehead atoms. The Morgan fingerprint density at radius 2 is 1.79 bits per heavy atom. The zero-order chi connectivity index (χ0) is 9.97. The van der Waals surface area contributed by atoms with E-state index in [2.05, 4.69) is 12.6 Å². The van der Waals surface area contributed by atoms with Crippen molar-refractivity contribution in [2.24, 2.45) is 0 Å². The van der Waals surface area contributed by atoms with Gasteiger partial charge in [0, 0.05) is 0 Å². The van der Waals surface area contributed by atoms with Gasteiger partial charge in [-0.25, -0.2) is 0 Å².